The Bertz CT molecular complexity index is 1390. The summed E-state index contributed by atoms with van der Waals surface area (Å²) >= 11 is 0. The number of nitrogens with two attached hydrogens (primary N) is 1. The van der Waals surface area contributed by atoms with E-state index in [-0.39, 0.29) is 10.9 Å². The van der Waals surface area contributed by atoms with Crippen molar-refractivity contribution in [2.45, 2.75) is 26.7 Å². The lowest BCUT2D eigenvalue weighted by molar-refractivity contribution is 0.886. The highest BCUT2D eigenvalue weighted by Crippen LogP contribution is 2.32. The summed E-state index contributed by atoms with van der Waals surface area (Å²) in [6, 6.07) is 16.6. The standard InChI is InChI=1S/C20H11NO2.C4H10/c21-10-5-6-12-15-9-17-14(8-18(15)20(23)16(12)7-10)11-3-1-2-4-13(11)19(17)22;1-3-4-2/h1-9H,21H2;3-4H2,1-2H3. The normalized spacial score (nSPS) is 11.3. The fourth-order valence-electron chi connectivity index (χ4n) is 3.61. The molecule has 0 saturated carbocycles. The summed E-state index contributed by atoms with van der Waals surface area (Å²) in [6.45, 7) is 4.36. The molecule has 0 radical (unpaired) electrons. The molecule has 0 saturated heterocycles. The molecule has 0 aromatic heterocycles. The molecule has 0 atom stereocenters. The van der Waals surface area contributed by atoms with Gasteiger partial charge in [-0.3, -0.25) is 9.59 Å². The fourth-order valence-corrected chi connectivity index (χ4v) is 3.61. The maximum Gasteiger partial charge on any atom is 0.194 e. The van der Waals surface area contributed by atoms with E-state index in [1.807, 2.05) is 42.5 Å². The van der Waals surface area contributed by atoms with Crippen molar-refractivity contribution >= 4 is 48.8 Å². The number of rotatable bonds is 1. The Hall–Kier alpha value is -3.20. The number of benzene rings is 3. The number of anilines is 1. The molecule has 0 bridgehead atoms. The van der Waals surface area contributed by atoms with Gasteiger partial charge in [0, 0.05) is 27.2 Å². The van der Waals surface area contributed by atoms with Crippen molar-refractivity contribution in [3.63, 3.8) is 0 Å². The number of nitrogen functional groups attached to an aromatic ring is 1. The van der Waals surface area contributed by atoms with Crippen molar-refractivity contribution in [1.29, 1.82) is 0 Å². The van der Waals surface area contributed by atoms with E-state index in [1.165, 1.54) is 12.8 Å². The van der Waals surface area contributed by atoms with Crippen molar-refractivity contribution in [2.75, 3.05) is 5.73 Å². The maximum atomic E-state index is 12.7. The average Bonchev–Trinajstić information content (AvgIpc) is 3.13. The lowest BCUT2D eigenvalue weighted by atomic mass is 10.1. The van der Waals surface area contributed by atoms with Gasteiger partial charge in [0.15, 0.2) is 10.9 Å². The quantitative estimate of drug-likeness (QED) is 0.416. The highest BCUT2D eigenvalue weighted by molar-refractivity contribution is 6.21. The van der Waals surface area contributed by atoms with Crippen LogP contribution in [0.15, 0.2) is 64.2 Å². The predicted molar refractivity (Wildman–Crippen MR) is 116 cm³/mol. The Morgan fingerprint density at radius 3 is 1.67 bits per heavy atom. The van der Waals surface area contributed by atoms with Crippen LogP contribution in [0.1, 0.15) is 26.7 Å². The molecule has 5 aromatic rings. The van der Waals surface area contributed by atoms with Crippen LogP contribution in [-0.4, -0.2) is 0 Å². The largest absolute Gasteiger partial charge is 0.399 e. The Labute approximate surface area is 156 Å². The molecule has 0 spiro atoms. The van der Waals surface area contributed by atoms with Crippen LogP contribution in [0.4, 0.5) is 5.69 Å². The van der Waals surface area contributed by atoms with Crippen molar-refractivity contribution < 1.29 is 0 Å². The third-order valence-electron chi connectivity index (χ3n) is 5.19. The molecule has 0 heterocycles. The first kappa shape index (κ1) is 17.2. The van der Waals surface area contributed by atoms with Crippen molar-refractivity contribution in [3.8, 4) is 0 Å². The van der Waals surface area contributed by atoms with Crippen LogP contribution in [-0.2, 0) is 0 Å². The molecule has 3 nitrogen and oxygen atoms in total. The van der Waals surface area contributed by atoms with Gasteiger partial charge in [-0.2, -0.15) is 0 Å². The lowest BCUT2D eigenvalue weighted by Crippen LogP contribution is -1.95. The number of fused-ring (bicyclic) bond motifs is 6. The van der Waals surface area contributed by atoms with E-state index >= 15 is 0 Å². The zero-order valence-electron chi connectivity index (χ0n) is 15.5. The van der Waals surface area contributed by atoms with Crippen LogP contribution in [0, 0.1) is 0 Å². The molecule has 0 unspecified atom stereocenters. The smallest absolute Gasteiger partial charge is 0.194 e. The van der Waals surface area contributed by atoms with E-state index < -0.39 is 0 Å². The van der Waals surface area contributed by atoms with E-state index in [4.69, 9.17) is 5.73 Å². The number of hydrogen-bond acceptors (Lipinski definition) is 3. The summed E-state index contributed by atoms with van der Waals surface area (Å²) in [6.07, 6.45) is 2.64. The van der Waals surface area contributed by atoms with E-state index in [1.54, 1.807) is 12.1 Å². The van der Waals surface area contributed by atoms with Gasteiger partial charge in [-0.1, -0.05) is 57.0 Å². The summed E-state index contributed by atoms with van der Waals surface area (Å²) in [7, 11) is 0. The third-order valence-corrected chi connectivity index (χ3v) is 5.19. The van der Waals surface area contributed by atoms with Crippen molar-refractivity contribution in [2.24, 2.45) is 0 Å². The Kier molecular flexibility index (Phi) is 4.15. The summed E-state index contributed by atoms with van der Waals surface area (Å²) < 4.78 is 0. The lowest BCUT2D eigenvalue weighted by Gasteiger charge is -1.95. The topological polar surface area (TPSA) is 60.2 Å². The summed E-state index contributed by atoms with van der Waals surface area (Å²) in [5.41, 5.74) is 6.37. The molecule has 0 aliphatic rings. The van der Waals surface area contributed by atoms with Gasteiger partial charge >= 0.3 is 0 Å². The minimum atomic E-state index is -0.0260. The predicted octanol–water partition coefficient (Wildman–Crippen LogP) is 5.28. The highest BCUT2D eigenvalue weighted by Gasteiger charge is 2.15. The van der Waals surface area contributed by atoms with E-state index in [9.17, 15) is 9.59 Å². The number of hydrogen-bond donors (Lipinski definition) is 1. The van der Waals surface area contributed by atoms with Gasteiger partial charge in [-0.25, -0.2) is 0 Å². The molecule has 0 fully saturated rings. The van der Waals surface area contributed by atoms with Gasteiger partial charge in [0.1, 0.15) is 0 Å². The molecule has 5 aromatic carbocycles. The number of unbranched alkanes of at least 4 members (excludes halogenated alkanes) is 1. The SMILES string of the molecule is CCCC.Nc1ccc2c(c1)c(=O)c1cc3c(cc12)c(=O)c1ccccc13. The fraction of sp³-hybridized carbons (Fsp3) is 0.167. The Balaban J connectivity index is 0.000000413. The average molecular weight is 355 g/mol. The second-order valence-corrected chi connectivity index (χ2v) is 6.95. The van der Waals surface area contributed by atoms with E-state index in [0.717, 1.165) is 21.5 Å². The monoisotopic (exact) mass is 355 g/mol. The van der Waals surface area contributed by atoms with Crippen LogP contribution in [0.5, 0.6) is 0 Å². The minimum Gasteiger partial charge on any atom is -0.399 e. The van der Waals surface area contributed by atoms with Crippen molar-refractivity contribution in [3.05, 3.63) is 75.0 Å². The first-order chi connectivity index (χ1) is 13.1. The van der Waals surface area contributed by atoms with Gasteiger partial charge in [-0.15, -0.1) is 0 Å². The van der Waals surface area contributed by atoms with Gasteiger partial charge in [-0.05, 0) is 45.8 Å². The maximum absolute atomic E-state index is 12.7. The third kappa shape index (κ3) is 2.58. The first-order valence-corrected chi connectivity index (χ1v) is 9.33. The minimum absolute atomic E-state index is 0.0229. The molecule has 5 rings (SSSR count). The molecule has 27 heavy (non-hydrogen) atoms. The summed E-state index contributed by atoms with van der Waals surface area (Å²) in [5.74, 6) is 0. The van der Waals surface area contributed by atoms with E-state index in [0.29, 0.717) is 27.2 Å². The van der Waals surface area contributed by atoms with Crippen molar-refractivity contribution in [1.82, 2.24) is 0 Å². The zero-order chi connectivity index (χ0) is 19.1. The van der Waals surface area contributed by atoms with Crippen LogP contribution in [0.25, 0.3) is 43.1 Å². The molecular weight excluding hydrogens is 334 g/mol. The molecular formula is C24H21NO2. The van der Waals surface area contributed by atoms with Gasteiger partial charge < -0.3 is 5.73 Å². The second kappa shape index (κ2) is 6.51. The summed E-state index contributed by atoms with van der Waals surface area (Å²) in [5, 5.41) is 6.06. The Morgan fingerprint density at radius 2 is 1.07 bits per heavy atom. The van der Waals surface area contributed by atoms with Crippen LogP contribution >= 0.6 is 0 Å². The van der Waals surface area contributed by atoms with Crippen LogP contribution in [0.3, 0.4) is 0 Å². The molecule has 3 heteroatoms. The summed E-state index contributed by atoms with van der Waals surface area (Å²) in [4.78, 5) is 25.3. The molecule has 0 aliphatic heterocycles. The van der Waals surface area contributed by atoms with Gasteiger partial charge in [0.25, 0.3) is 0 Å². The first-order valence-electron chi connectivity index (χ1n) is 9.33. The molecule has 0 aliphatic carbocycles. The molecule has 2 N–H and O–H groups in total. The molecule has 0 amide bonds. The Morgan fingerprint density at radius 1 is 0.593 bits per heavy atom. The second-order valence-electron chi connectivity index (χ2n) is 6.95. The van der Waals surface area contributed by atoms with Gasteiger partial charge in [0.2, 0.25) is 0 Å². The van der Waals surface area contributed by atoms with Gasteiger partial charge in [0.05, 0.1) is 0 Å². The zero-order valence-corrected chi connectivity index (χ0v) is 15.5. The van der Waals surface area contributed by atoms with Crippen LogP contribution < -0.4 is 16.6 Å². The van der Waals surface area contributed by atoms with E-state index in [2.05, 4.69) is 13.8 Å². The molecule has 134 valence electrons. The van der Waals surface area contributed by atoms with Crippen LogP contribution in [0.2, 0.25) is 0 Å². The highest BCUT2D eigenvalue weighted by atomic mass is 16.1.